The molecule has 7 nitrogen and oxygen atoms in total. The lowest BCUT2D eigenvalue weighted by molar-refractivity contribution is -0.123. The minimum atomic E-state index is -0.822. The lowest BCUT2D eigenvalue weighted by Gasteiger charge is -2.27. The van der Waals surface area contributed by atoms with Crippen molar-refractivity contribution < 1.29 is 14.3 Å². The van der Waals surface area contributed by atoms with Crippen LogP contribution in [0.2, 0.25) is 0 Å². The minimum Gasteiger partial charge on any atom is -0.456 e. The van der Waals surface area contributed by atoms with E-state index in [9.17, 15) is 9.59 Å². The number of aromatic nitrogens is 2. The molecule has 0 saturated carbocycles. The molecule has 0 aromatic carbocycles. The first-order valence-corrected chi connectivity index (χ1v) is 8.76. The number of nitrogens with one attached hydrogen (secondary N) is 1. The van der Waals surface area contributed by atoms with Crippen molar-refractivity contribution in [2.45, 2.75) is 39.8 Å². The minimum absolute atomic E-state index is 0.0243. The van der Waals surface area contributed by atoms with Gasteiger partial charge in [0, 0.05) is 12.4 Å². The van der Waals surface area contributed by atoms with Crippen molar-refractivity contribution in [3.05, 3.63) is 59.2 Å². The summed E-state index contributed by atoms with van der Waals surface area (Å²) in [5.74, 6) is -0.498. The first-order chi connectivity index (χ1) is 12.8. The summed E-state index contributed by atoms with van der Waals surface area (Å²) in [5.41, 5.74) is 1.20. The molecule has 7 heteroatoms. The molecule has 1 unspecified atom stereocenters. The Balaban J connectivity index is 1.87. The van der Waals surface area contributed by atoms with Crippen LogP contribution in [-0.4, -0.2) is 33.2 Å². The molecule has 0 aliphatic carbocycles. The Morgan fingerprint density at radius 1 is 1.30 bits per heavy atom. The number of amides is 1. The Morgan fingerprint density at radius 3 is 2.70 bits per heavy atom. The molecular weight excluding hydrogens is 344 g/mol. The number of hydrogen-bond donors (Lipinski definition) is 1. The molecule has 1 aliphatic heterocycles. The average molecular weight is 366 g/mol. The summed E-state index contributed by atoms with van der Waals surface area (Å²) in [6, 6.07) is 7.08. The summed E-state index contributed by atoms with van der Waals surface area (Å²) in [7, 11) is 0. The number of nitrogens with zero attached hydrogens (tertiary/aromatic N) is 3. The average Bonchev–Trinajstić information content (AvgIpc) is 2.96. The van der Waals surface area contributed by atoms with Crippen LogP contribution in [0.4, 0.5) is 0 Å². The Hall–Kier alpha value is -3.09. The summed E-state index contributed by atoms with van der Waals surface area (Å²) in [4.78, 5) is 37.6. The van der Waals surface area contributed by atoms with Crippen LogP contribution >= 0.6 is 0 Å². The fourth-order valence-corrected chi connectivity index (χ4v) is 2.66. The maximum atomic E-state index is 12.7. The van der Waals surface area contributed by atoms with Crippen molar-refractivity contribution >= 4 is 17.7 Å². The van der Waals surface area contributed by atoms with Crippen molar-refractivity contribution in [2.75, 3.05) is 0 Å². The number of carbonyl (C=O) groups excluding carboxylic acids is 2. The summed E-state index contributed by atoms with van der Waals surface area (Å²) in [5, 5.41) is 3.14. The van der Waals surface area contributed by atoms with Gasteiger partial charge in [0.2, 0.25) is 0 Å². The first kappa shape index (κ1) is 18.7. The van der Waals surface area contributed by atoms with Crippen LogP contribution in [0.15, 0.2) is 41.7 Å². The summed E-state index contributed by atoms with van der Waals surface area (Å²) < 4.78 is 5.39. The quantitative estimate of drug-likeness (QED) is 0.817. The van der Waals surface area contributed by atoms with Crippen LogP contribution in [0.5, 0.6) is 0 Å². The van der Waals surface area contributed by atoms with Crippen LogP contribution in [0.1, 0.15) is 48.1 Å². The molecule has 1 amide bonds. The summed E-state index contributed by atoms with van der Waals surface area (Å²) >= 11 is 0. The van der Waals surface area contributed by atoms with Gasteiger partial charge in [-0.3, -0.25) is 14.8 Å². The van der Waals surface area contributed by atoms with Gasteiger partial charge in [0.25, 0.3) is 5.91 Å². The van der Waals surface area contributed by atoms with Crippen LogP contribution in [0, 0.1) is 12.8 Å². The number of rotatable bonds is 5. The zero-order valence-corrected chi connectivity index (χ0v) is 15.8. The predicted octanol–water partition coefficient (Wildman–Crippen LogP) is 2.43. The van der Waals surface area contributed by atoms with E-state index in [0.29, 0.717) is 17.2 Å². The molecule has 2 aromatic rings. The van der Waals surface area contributed by atoms with E-state index in [-0.39, 0.29) is 24.0 Å². The molecule has 2 aromatic heterocycles. The topological polar surface area (TPSA) is 93.5 Å². The third-order valence-corrected chi connectivity index (χ3v) is 4.74. The molecule has 1 N–H and O–H groups in total. The van der Waals surface area contributed by atoms with Gasteiger partial charge in [0.05, 0.1) is 11.3 Å². The highest BCUT2D eigenvalue weighted by Gasteiger charge is 2.43. The van der Waals surface area contributed by atoms with Crippen LogP contribution in [-0.2, 0) is 16.1 Å². The maximum Gasteiger partial charge on any atom is 0.340 e. The standard InChI is InChI=1S/C20H22N4O3/c1-12(2)20(4)19(26)23-17(24-20)16-15(9-13(3)10-22-16)18(25)27-11-14-7-5-6-8-21-14/h5-10,12H,11H2,1-4H3,(H,23,24,26). The number of carbonyl (C=O) groups is 2. The summed E-state index contributed by atoms with van der Waals surface area (Å²) in [6.45, 7) is 7.56. The van der Waals surface area contributed by atoms with Crippen LogP contribution < -0.4 is 5.32 Å². The van der Waals surface area contributed by atoms with E-state index in [1.165, 1.54) is 0 Å². The lowest BCUT2D eigenvalue weighted by atomic mass is 9.88. The Kier molecular flexibility index (Phi) is 5.03. The van der Waals surface area contributed by atoms with E-state index in [2.05, 4.69) is 20.3 Å². The highest BCUT2D eigenvalue weighted by molar-refractivity contribution is 6.16. The molecule has 3 rings (SSSR count). The van der Waals surface area contributed by atoms with E-state index < -0.39 is 11.5 Å². The van der Waals surface area contributed by atoms with E-state index in [0.717, 1.165) is 5.56 Å². The van der Waals surface area contributed by atoms with Crippen LogP contribution in [0.3, 0.4) is 0 Å². The number of amidine groups is 1. The van der Waals surface area contributed by atoms with Gasteiger partial charge < -0.3 is 10.1 Å². The number of pyridine rings is 2. The third kappa shape index (κ3) is 3.72. The fourth-order valence-electron chi connectivity index (χ4n) is 2.66. The maximum absolute atomic E-state index is 12.7. The van der Waals surface area contributed by atoms with E-state index in [1.54, 1.807) is 37.5 Å². The molecule has 0 spiro atoms. The Bertz CT molecular complexity index is 909. The second-order valence-corrected chi connectivity index (χ2v) is 7.05. The number of hydrogen-bond acceptors (Lipinski definition) is 6. The van der Waals surface area contributed by atoms with Gasteiger partial charge in [-0.1, -0.05) is 19.9 Å². The van der Waals surface area contributed by atoms with Gasteiger partial charge in [-0.05, 0) is 43.5 Å². The smallest absolute Gasteiger partial charge is 0.340 e. The van der Waals surface area contributed by atoms with Crippen molar-refractivity contribution in [1.29, 1.82) is 0 Å². The van der Waals surface area contributed by atoms with Crippen LogP contribution in [0.25, 0.3) is 0 Å². The van der Waals surface area contributed by atoms with Gasteiger partial charge in [-0.2, -0.15) is 4.99 Å². The highest BCUT2D eigenvalue weighted by Crippen LogP contribution is 2.25. The van der Waals surface area contributed by atoms with E-state index in [4.69, 9.17) is 4.74 Å². The molecule has 27 heavy (non-hydrogen) atoms. The van der Waals surface area contributed by atoms with Gasteiger partial charge in [-0.15, -0.1) is 0 Å². The molecule has 0 radical (unpaired) electrons. The fraction of sp³-hybridized carbons (Fsp3) is 0.350. The Labute approximate surface area is 157 Å². The SMILES string of the molecule is Cc1cnc(C2=NC(=O)C(C)(C(C)C)N2)c(C(=O)OCc2ccccn2)c1. The van der Waals surface area contributed by atoms with Gasteiger partial charge in [-0.25, -0.2) is 4.79 Å². The van der Waals surface area contributed by atoms with Gasteiger partial charge in [0.15, 0.2) is 5.84 Å². The number of esters is 1. The molecule has 0 bridgehead atoms. The highest BCUT2D eigenvalue weighted by atomic mass is 16.5. The van der Waals surface area contributed by atoms with E-state index in [1.807, 2.05) is 26.8 Å². The summed E-state index contributed by atoms with van der Waals surface area (Å²) in [6.07, 6.45) is 3.27. The molecular formula is C20H22N4O3. The molecule has 0 fully saturated rings. The zero-order chi connectivity index (χ0) is 19.6. The number of aryl methyl sites for hydroxylation is 1. The second kappa shape index (κ2) is 7.26. The van der Waals surface area contributed by atoms with Gasteiger partial charge in [0.1, 0.15) is 17.8 Å². The predicted molar refractivity (Wildman–Crippen MR) is 100 cm³/mol. The normalized spacial score (nSPS) is 19.0. The zero-order valence-electron chi connectivity index (χ0n) is 15.8. The number of ether oxygens (including phenoxy) is 1. The molecule has 1 atom stereocenters. The molecule has 0 saturated heterocycles. The first-order valence-electron chi connectivity index (χ1n) is 8.76. The number of aliphatic imine (C=N–C) groups is 1. The largest absolute Gasteiger partial charge is 0.456 e. The van der Waals surface area contributed by atoms with Crippen molar-refractivity contribution in [1.82, 2.24) is 15.3 Å². The van der Waals surface area contributed by atoms with Crippen molar-refractivity contribution in [2.24, 2.45) is 10.9 Å². The molecule has 1 aliphatic rings. The second-order valence-electron chi connectivity index (χ2n) is 7.05. The van der Waals surface area contributed by atoms with Gasteiger partial charge >= 0.3 is 5.97 Å². The van der Waals surface area contributed by atoms with Crippen molar-refractivity contribution in [3.8, 4) is 0 Å². The monoisotopic (exact) mass is 366 g/mol. The molecule has 3 heterocycles. The third-order valence-electron chi connectivity index (χ3n) is 4.74. The Morgan fingerprint density at radius 2 is 2.07 bits per heavy atom. The van der Waals surface area contributed by atoms with Crippen molar-refractivity contribution in [3.63, 3.8) is 0 Å². The molecule has 140 valence electrons. The lowest BCUT2D eigenvalue weighted by Crippen LogP contribution is -2.50. The van der Waals surface area contributed by atoms with E-state index >= 15 is 0 Å².